The molecule has 0 aliphatic rings. The Morgan fingerprint density at radius 3 is 2.67 bits per heavy atom. The van der Waals surface area contributed by atoms with Crippen LogP contribution >= 0.6 is 0 Å². The quantitative estimate of drug-likeness (QED) is 0.849. The molecule has 96 valence electrons. The number of halogens is 3. The average Bonchev–Trinajstić information content (AvgIpc) is 2.73. The average molecular weight is 258 g/mol. The Kier molecular flexibility index (Phi) is 3.22. The van der Waals surface area contributed by atoms with Crippen molar-refractivity contribution in [2.45, 2.75) is 13.1 Å². The number of alkyl halides is 3. The van der Waals surface area contributed by atoms with Gasteiger partial charge in [0.1, 0.15) is 5.75 Å². The second kappa shape index (κ2) is 4.67. The molecule has 1 aromatic heterocycles. The molecule has 2 aromatic rings. The molecule has 0 fully saturated rings. The Labute approximate surface area is 100 Å². The van der Waals surface area contributed by atoms with Crippen LogP contribution in [-0.2, 0) is 0 Å². The highest BCUT2D eigenvalue weighted by atomic mass is 19.4. The van der Waals surface area contributed by atoms with E-state index < -0.39 is 12.8 Å². The molecule has 0 saturated carbocycles. The predicted octanol–water partition coefficient (Wildman–Crippen LogP) is 2.99. The molecule has 4 nitrogen and oxygen atoms in total. The van der Waals surface area contributed by atoms with E-state index in [2.05, 4.69) is 14.9 Å². The van der Waals surface area contributed by atoms with Crippen LogP contribution in [-0.4, -0.2) is 23.0 Å². The van der Waals surface area contributed by atoms with Gasteiger partial charge in [-0.05, 0) is 18.2 Å². The third-order valence-electron chi connectivity index (χ3n) is 2.01. The molecule has 0 saturated heterocycles. The highest BCUT2D eigenvalue weighted by molar-refractivity contribution is 5.55. The molecule has 0 radical (unpaired) electrons. The topological polar surface area (TPSA) is 48.2 Å². The summed E-state index contributed by atoms with van der Waals surface area (Å²) < 4.78 is 45.8. The van der Waals surface area contributed by atoms with Gasteiger partial charge in [-0.1, -0.05) is 6.07 Å². The molecule has 0 aliphatic heterocycles. The first-order valence-corrected chi connectivity index (χ1v) is 5.04. The van der Waals surface area contributed by atoms with Crippen LogP contribution in [0, 0.1) is 6.92 Å². The number of aryl methyl sites for hydroxylation is 1. The molecule has 0 aliphatic carbocycles. The Morgan fingerprint density at radius 1 is 1.28 bits per heavy atom. The van der Waals surface area contributed by atoms with Gasteiger partial charge < -0.3 is 9.15 Å². The molecular formula is C11H9F3N2O2. The van der Waals surface area contributed by atoms with E-state index >= 15 is 0 Å². The molecule has 0 bridgehead atoms. The fourth-order valence-electron chi connectivity index (χ4n) is 1.30. The number of ether oxygens (including phenoxy) is 1. The molecule has 0 unspecified atom stereocenters. The molecule has 7 heteroatoms. The van der Waals surface area contributed by atoms with Crippen LogP contribution in [0.15, 0.2) is 28.7 Å². The zero-order valence-electron chi connectivity index (χ0n) is 9.36. The number of hydrogen-bond acceptors (Lipinski definition) is 4. The van der Waals surface area contributed by atoms with E-state index in [-0.39, 0.29) is 11.6 Å². The number of aromatic nitrogens is 2. The Bertz CT molecular complexity index is 537. The van der Waals surface area contributed by atoms with Gasteiger partial charge in [-0.3, -0.25) is 0 Å². The van der Waals surface area contributed by atoms with Crippen LogP contribution in [0.3, 0.4) is 0 Å². The SMILES string of the molecule is Cc1nnc(-c2cccc(OCC(F)(F)F)c2)o1. The monoisotopic (exact) mass is 258 g/mol. The summed E-state index contributed by atoms with van der Waals surface area (Å²) in [5.41, 5.74) is 0.510. The smallest absolute Gasteiger partial charge is 0.422 e. The molecule has 0 amide bonds. The van der Waals surface area contributed by atoms with Crippen LogP contribution < -0.4 is 4.74 Å². The van der Waals surface area contributed by atoms with Gasteiger partial charge in [-0.2, -0.15) is 13.2 Å². The predicted molar refractivity (Wildman–Crippen MR) is 56.0 cm³/mol. The number of nitrogens with zero attached hydrogens (tertiary/aromatic N) is 2. The van der Waals surface area contributed by atoms with Gasteiger partial charge in [0.15, 0.2) is 6.61 Å². The van der Waals surface area contributed by atoms with Crippen LogP contribution in [0.2, 0.25) is 0 Å². The summed E-state index contributed by atoms with van der Waals surface area (Å²) in [6.07, 6.45) is -4.36. The Hall–Kier alpha value is -2.05. The molecule has 2 rings (SSSR count). The van der Waals surface area contributed by atoms with E-state index in [1.165, 1.54) is 12.1 Å². The van der Waals surface area contributed by atoms with Crippen molar-refractivity contribution in [3.63, 3.8) is 0 Å². The molecule has 0 atom stereocenters. The highest BCUT2D eigenvalue weighted by Gasteiger charge is 2.28. The van der Waals surface area contributed by atoms with E-state index in [0.717, 1.165) is 0 Å². The molecule has 0 spiro atoms. The van der Waals surface area contributed by atoms with E-state index in [1.54, 1.807) is 19.1 Å². The summed E-state index contributed by atoms with van der Waals surface area (Å²) in [5, 5.41) is 7.41. The fourth-order valence-corrected chi connectivity index (χ4v) is 1.30. The number of benzene rings is 1. The lowest BCUT2D eigenvalue weighted by Crippen LogP contribution is -2.19. The summed E-state index contributed by atoms with van der Waals surface area (Å²) >= 11 is 0. The van der Waals surface area contributed by atoms with Crippen molar-refractivity contribution in [1.29, 1.82) is 0 Å². The van der Waals surface area contributed by atoms with Crippen LogP contribution in [0.5, 0.6) is 5.75 Å². The summed E-state index contributed by atoms with van der Waals surface area (Å²) in [7, 11) is 0. The van der Waals surface area contributed by atoms with Gasteiger partial charge in [0.2, 0.25) is 11.8 Å². The minimum atomic E-state index is -4.36. The first-order valence-electron chi connectivity index (χ1n) is 5.04. The fraction of sp³-hybridized carbons (Fsp3) is 0.273. The molecule has 18 heavy (non-hydrogen) atoms. The van der Waals surface area contributed by atoms with E-state index in [0.29, 0.717) is 11.5 Å². The van der Waals surface area contributed by atoms with Gasteiger partial charge in [-0.15, -0.1) is 10.2 Å². The van der Waals surface area contributed by atoms with E-state index in [9.17, 15) is 13.2 Å². The zero-order valence-corrected chi connectivity index (χ0v) is 9.36. The third kappa shape index (κ3) is 3.22. The molecule has 1 aromatic carbocycles. The number of rotatable bonds is 3. The first-order chi connectivity index (χ1) is 8.44. The maximum absolute atomic E-state index is 12.0. The Balaban J connectivity index is 2.15. The summed E-state index contributed by atoms with van der Waals surface area (Å²) in [6.45, 7) is 0.291. The van der Waals surface area contributed by atoms with Crippen LogP contribution in [0.25, 0.3) is 11.5 Å². The van der Waals surface area contributed by atoms with Crippen molar-refractivity contribution in [3.8, 4) is 17.2 Å². The van der Waals surface area contributed by atoms with Crippen molar-refractivity contribution in [1.82, 2.24) is 10.2 Å². The summed E-state index contributed by atoms with van der Waals surface area (Å²) in [5.74, 6) is 0.720. The van der Waals surface area contributed by atoms with Gasteiger partial charge >= 0.3 is 6.18 Å². The van der Waals surface area contributed by atoms with Gasteiger partial charge in [-0.25, -0.2) is 0 Å². The second-order valence-corrected chi connectivity index (χ2v) is 3.56. The van der Waals surface area contributed by atoms with Crippen molar-refractivity contribution in [3.05, 3.63) is 30.2 Å². The maximum Gasteiger partial charge on any atom is 0.422 e. The second-order valence-electron chi connectivity index (χ2n) is 3.56. The minimum absolute atomic E-state index is 0.0979. The summed E-state index contributed by atoms with van der Waals surface area (Å²) in [4.78, 5) is 0. The van der Waals surface area contributed by atoms with Gasteiger partial charge in [0, 0.05) is 12.5 Å². The lowest BCUT2D eigenvalue weighted by molar-refractivity contribution is -0.153. The molecule has 1 heterocycles. The van der Waals surface area contributed by atoms with E-state index in [4.69, 9.17) is 4.42 Å². The third-order valence-corrected chi connectivity index (χ3v) is 2.01. The van der Waals surface area contributed by atoms with Crippen molar-refractivity contribution >= 4 is 0 Å². The van der Waals surface area contributed by atoms with Crippen LogP contribution in [0.1, 0.15) is 5.89 Å². The van der Waals surface area contributed by atoms with Crippen LogP contribution in [0.4, 0.5) is 13.2 Å². The lowest BCUT2D eigenvalue weighted by atomic mass is 10.2. The first kappa shape index (κ1) is 12.4. The van der Waals surface area contributed by atoms with Gasteiger partial charge in [0.05, 0.1) is 0 Å². The van der Waals surface area contributed by atoms with Gasteiger partial charge in [0.25, 0.3) is 0 Å². The lowest BCUT2D eigenvalue weighted by Gasteiger charge is -2.09. The largest absolute Gasteiger partial charge is 0.484 e. The highest BCUT2D eigenvalue weighted by Crippen LogP contribution is 2.24. The normalized spacial score (nSPS) is 11.6. The van der Waals surface area contributed by atoms with E-state index in [1.807, 2.05) is 0 Å². The maximum atomic E-state index is 12.0. The minimum Gasteiger partial charge on any atom is -0.484 e. The van der Waals surface area contributed by atoms with Crippen molar-refractivity contribution < 1.29 is 22.3 Å². The van der Waals surface area contributed by atoms with Crippen molar-refractivity contribution in [2.24, 2.45) is 0 Å². The number of hydrogen-bond donors (Lipinski definition) is 0. The molecule has 0 N–H and O–H groups in total. The zero-order chi connectivity index (χ0) is 13.2. The summed E-state index contributed by atoms with van der Waals surface area (Å²) in [6, 6.07) is 6.05. The standard InChI is InChI=1S/C11H9F3N2O2/c1-7-15-16-10(18-7)8-3-2-4-9(5-8)17-6-11(12,13)14/h2-5H,6H2,1H3. The van der Waals surface area contributed by atoms with Crippen molar-refractivity contribution in [2.75, 3.05) is 6.61 Å². The molecular weight excluding hydrogens is 249 g/mol. The Morgan fingerprint density at radius 2 is 2.06 bits per heavy atom.